The minimum absolute atomic E-state index is 0.0870. The van der Waals surface area contributed by atoms with Crippen molar-refractivity contribution in [1.82, 2.24) is 9.80 Å². The zero-order valence-corrected chi connectivity index (χ0v) is 13.9. The maximum absolute atomic E-state index is 12.4. The molecule has 4 nitrogen and oxygen atoms in total. The summed E-state index contributed by atoms with van der Waals surface area (Å²) in [4.78, 5) is 16.5. The molecule has 1 aliphatic carbocycles. The van der Waals surface area contributed by atoms with Crippen molar-refractivity contribution in [2.75, 3.05) is 26.2 Å². The zero-order valence-electron chi connectivity index (χ0n) is 13.9. The lowest BCUT2D eigenvalue weighted by Crippen LogP contribution is -2.43. The molecule has 1 amide bonds. The molecule has 0 saturated carbocycles. The number of benzene rings is 1. The summed E-state index contributed by atoms with van der Waals surface area (Å²) in [5.41, 5.74) is 4.87. The highest BCUT2D eigenvalue weighted by atomic mass is 16.3. The van der Waals surface area contributed by atoms with E-state index in [9.17, 15) is 9.90 Å². The number of carbonyl (C=O) groups excluding carboxylic acids is 1. The van der Waals surface area contributed by atoms with Gasteiger partial charge in [-0.3, -0.25) is 9.69 Å². The highest BCUT2D eigenvalue weighted by molar-refractivity contribution is 6.00. The van der Waals surface area contributed by atoms with Crippen LogP contribution in [0.5, 0.6) is 0 Å². The summed E-state index contributed by atoms with van der Waals surface area (Å²) in [5, 5.41) is 10.5. The van der Waals surface area contributed by atoms with E-state index in [4.69, 9.17) is 0 Å². The molecule has 0 fully saturated rings. The normalized spacial score (nSPS) is 21.9. The first-order valence-electron chi connectivity index (χ1n) is 8.86. The van der Waals surface area contributed by atoms with Crippen LogP contribution in [0.4, 0.5) is 0 Å². The number of aliphatic hydroxyl groups is 1. The van der Waals surface area contributed by atoms with E-state index >= 15 is 0 Å². The summed E-state index contributed by atoms with van der Waals surface area (Å²) in [6, 6.07) is 8.52. The molecule has 3 aliphatic rings. The molecule has 1 N–H and O–H groups in total. The van der Waals surface area contributed by atoms with E-state index in [-0.39, 0.29) is 5.91 Å². The Balaban J connectivity index is 1.33. The monoisotopic (exact) mass is 324 g/mol. The molecule has 1 aromatic carbocycles. The van der Waals surface area contributed by atoms with Crippen LogP contribution in [0.3, 0.4) is 0 Å². The number of carbonyl (C=O) groups is 1. The van der Waals surface area contributed by atoms with E-state index in [1.54, 1.807) is 0 Å². The minimum atomic E-state index is -0.496. The van der Waals surface area contributed by atoms with Crippen LogP contribution >= 0.6 is 0 Å². The average molecular weight is 324 g/mol. The highest BCUT2D eigenvalue weighted by Crippen LogP contribution is 2.28. The van der Waals surface area contributed by atoms with E-state index in [1.165, 1.54) is 16.7 Å². The molecule has 126 valence electrons. The Morgan fingerprint density at radius 3 is 2.75 bits per heavy atom. The minimum Gasteiger partial charge on any atom is -0.390 e. The van der Waals surface area contributed by atoms with Gasteiger partial charge in [-0.1, -0.05) is 36.4 Å². The third-order valence-corrected chi connectivity index (χ3v) is 5.29. The second-order valence-electron chi connectivity index (χ2n) is 7.05. The van der Waals surface area contributed by atoms with Gasteiger partial charge in [-0.05, 0) is 36.0 Å². The molecule has 2 heterocycles. The Morgan fingerprint density at radius 2 is 1.92 bits per heavy atom. The fourth-order valence-electron chi connectivity index (χ4n) is 4.04. The molecule has 0 spiro atoms. The van der Waals surface area contributed by atoms with E-state index in [0.29, 0.717) is 19.6 Å². The second kappa shape index (κ2) is 6.54. The van der Waals surface area contributed by atoms with Crippen LogP contribution in [-0.4, -0.2) is 53.1 Å². The molecule has 0 saturated heterocycles. The Morgan fingerprint density at radius 1 is 1.08 bits per heavy atom. The van der Waals surface area contributed by atoms with Crippen LogP contribution in [0.25, 0.3) is 0 Å². The molecule has 1 unspecified atom stereocenters. The molecule has 0 radical (unpaired) electrons. The maximum atomic E-state index is 12.4. The summed E-state index contributed by atoms with van der Waals surface area (Å²) in [6.07, 6.45) is 6.57. The van der Waals surface area contributed by atoms with Gasteiger partial charge in [0.2, 0.25) is 0 Å². The molecular weight excluding hydrogens is 300 g/mol. The molecule has 2 aliphatic heterocycles. The molecule has 4 heteroatoms. The van der Waals surface area contributed by atoms with Gasteiger partial charge in [0.15, 0.2) is 0 Å². The van der Waals surface area contributed by atoms with Crippen molar-refractivity contribution in [1.29, 1.82) is 0 Å². The van der Waals surface area contributed by atoms with Crippen LogP contribution in [-0.2, 0) is 17.8 Å². The predicted octanol–water partition coefficient (Wildman–Crippen LogP) is 1.89. The molecule has 0 bridgehead atoms. The number of aliphatic hydroxyl groups excluding tert-OH is 1. The van der Waals surface area contributed by atoms with E-state index in [1.807, 2.05) is 11.0 Å². The van der Waals surface area contributed by atoms with Gasteiger partial charge in [-0.15, -0.1) is 0 Å². The number of amides is 1. The first-order chi connectivity index (χ1) is 11.7. The molecule has 1 aromatic rings. The number of β-amino-alcohol motifs (C(OH)–C–C–N with tert-alkyl or cyclic N) is 1. The smallest absolute Gasteiger partial charge is 0.254 e. The SMILES string of the molecule is O=C1C2=C(CCC=C2)CN1CC(O)CN1CCc2ccccc2C1. The van der Waals surface area contributed by atoms with Gasteiger partial charge >= 0.3 is 0 Å². The Kier molecular flexibility index (Phi) is 4.25. The van der Waals surface area contributed by atoms with Gasteiger partial charge in [0.25, 0.3) is 5.91 Å². The molecule has 4 rings (SSSR count). The van der Waals surface area contributed by atoms with Crippen LogP contribution in [0.15, 0.2) is 47.6 Å². The quantitative estimate of drug-likeness (QED) is 0.920. The second-order valence-corrected chi connectivity index (χ2v) is 7.05. The van der Waals surface area contributed by atoms with E-state index in [0.717, 1.165) is 37.9 Å². The number of hydrogen-bond donors (Lipinski definition) is 1. The lowest BCUT2D eigenvalue weighted by Gasteiger charge is -2.31. The van der Waals surface area contributed by atoms with Gasteiger partial charge in [0, 0.05) is 38.3 Å². The van der Waals surface area contributed by atoms with Crippen LogP contribution in [0.2, 0.25) is 0 Å². The summed E-state index contributed by atoms with van der Waals surface area (Å²) < 4.78 is 0. The van der Waals surface area contributed by atoms with Crippen molar-refractivity contribution >= 4 is 5.91 Å². The number of rotatable bonds is 4. The number of allylic oxidation sites excluding steroid dienone is 1. The van der Waals surface area contributed by atoms with Crippen molar-refractivity contribution in [2.45, 2.75) is 31.9 Å². The third-order valence-electron chi connectivity index (χ3n) is 5.29. The maximum Gasteiger partial charge on any atom is 0.254 e. The number of nitrogens with zero attached hydrogens (tertiary/aromatic N) is 2. The summed E-state index contributed by atoms with van der Waals surface area (Å²) in [7, 11) is 0. The fraction of sp³-hybridized carbons (Fsp3) is 0.450. The van der Waals surface area contributed by atoms with Crippen molar-refractivity contribution in [2.24, 2.45) is 0 Å². The fourth-order valence-corrected chi connectivity index (χ4v) is 4.04. The third kappa shape index (κ3) is 3.04. The zero-order chi connectivity index (χ0) is 16.5. The van der Waals surface area contributed by atoms with Crippen LogP contribution < -0.4 is 0 Å². The summed E-state index contributed by atoms with van der Waals surface area (Å²) in [5.74, 6) is 0.0870. The van der Waals surface area contributed by atoms with E-state index in [2.05, 4.69) is 35.2 Å². The number of fused-ring (bicyclic) bond motifs is 1. The predicted molar refractivity (Wildman–Crippen MR) is 93.4 cm³/mol. The first kappa shape index (κ1) is 15.6. The van der Waals surface area contributed by atoms with Gasteiger partial charge in [-0.25, -0.2) is 0 Å². The van der Waals surface area contributed by atoms with Gasteiger partial charge in [0.05, 0.1) is 6.10 Å². The standard InChI is InChI=1S/C20H24N2O2/c23-18(13-21-10-9-15-5-1-2-6-16(15)11-21)14-22-12-17-7-3-4-8-19(17)20(22)24/h1-2,4-6,8,18,23H,3,7,9-14H2. The van der Waals surface area contributed by atoms with Gasteiger partial charge in [-0.2, -0.15) is 0 Å². The number of hydrogen-bond acceptors (Lipinski definition) is 3. The average Bonchev–Trinajstić information content (AvgIpc) is 2.91. The lowest BCUT2D eigenvalue weighted by atomic mass is 10.00. The molecular formula is C20H24N2O2. The summed E-state index contributed by atoms with van der Waals surface area (Å²) in [6.45, 7) is 3.60. The topological polar surface area (TPSA) is 43.8 Å². The highest BCUT2D eigenvalue weighted by Gasteiger charge is 2.31. The molecule has 1 atom stereocenters. The first-order valence-corrected chi connectivity index (χ1v) is 8.86. The van der Waals surface area contributed by atoms with Gasteiger partial charge in [0.1, 0.15) is 0 Å². The van der Waals surface area contributed by atoms with Crippen molar-refractivity contribution in [3.8, 4) is 0 Å². The van der Waals surface area contributed by atoms with Crippen LogP contribution in [0.1, 0.15) is 24.0 Å². The lowest BCUT2D eigenvalue weighted by molar-refractivity contribution is -0.126. The van der Waals surface area contributed by atoms with Crippen molar-refractivity contribution < 1.29 is 9.90 Å². The summed E-state index contributed by atoms with van der Waals surface area (Å²) >= 11 is 0. The van der Waals surface area contributed by atoms with Crippen molar-refractivity contribution in [3.63, 3.8) is 0 Å². The van der Waals surface area contributed by atoms with E-state index < -0.39 is 6.10 Å². The molecule has 24 heavy (non-hydrogen) atoms. The Bertz CT molecular complexity index is 707. The largest absolute Gasteiger partial charge is 0.390 e. The Hall–Kier alpha value is -1.91. The van der Waals surface area contributed by atoms with Crippen LogP contribution in [0, 0.1) is 0 Å². The van der Waals surface area contributed by atoms with Gasteiger partial charge < -0.3 is 10.0 Å². The van der Waals surface area contributed by atoms with Crippen molar-refractivity contribution in [3.05, 3.63) is 58.7 Å². The molecule has 0 aromatic heterocycles. The Labute approximate surface area is 143 Å².